The summed E-state index contributed by atoms with van der Waals surface area (Å²) in [6.07, 6.45) is 5.53. The fourth-order valence-electron chi connectivity index (χ4n) is 3.34. The second kappa shape index (κ2) is 14.7. The summed E-state index contributed by atoms with van der Waals surface area (Å²) < 4.78 is 37.6. The molecule has 0 unspecified atom stereocenters. The lowest BCUT2D eigenvalue weighted by Crippen LogP contribution is -2.21. The summed E-state index contributed by atoms with van der Waals surface area (Å²) in [7, 11) is 0. The molecule has 176 valence electrons. The zero-order valence-corrected chi connectivity index (χ0v) is 17.6. The van der Waals surface area contributed by atoms with Crippen molar-refractivity contribution in [3.8, 4) is 5.75 Å². The van der Waals surface area contributed by atoms with Crippen LogP contribution in [0, 0.1) is 5.92 Å². The Labute approximate surface area is 180 Å². The van der Waals surface area contributed by atoms with Crippen LogP contribution in [0.5, 0.6) is 5.75 Å². The standard InChI is InChI=1S/C20H31NO3.C2HF3O2/c22-20(23)13-15-21-14-12-18-8-10-19(11-9-18)24-16-4-7-17-5-2-1-3-6-17;3-2(4,5)1(6)7/h8-11,17,21H,1-7,12-16H2,(H,22,23);(H,6,7). The molecule has 1 aromatic rings. The van der Waals surface area contributed by atoms with Gasteiger partial charge in [-0.25, -0.2) is 4.79 Å². The molecule has 0 bridgehead atoms. The average Bonchev–Trinajstić information content (AvgIpc) is 2.72. The van der Waals surface area contributed by atoms with Crippen molar-refractivity contribution in [2.45, 2.75) is 64.0 Å². The quantitative estimate of drug-likeness (QED) is 0.427. The molecule has 0 saturated heterocycles. The molecule has 31 heavy (non-hydrogen) atoms. The van der Waals surface area contributed by atoms with Crippen molar-refractivity contribution in [1.29, 1.82) is 0 Å². The third-order valence-corrected chi connectivity index (χ3v) is 5.02. The van der Waals surface area contributed by atoms with Crippen molar-refractivity contribution in [3.63, 3.8) is 0 Å². The molecule has 0 heterocycles. The van der Waals surface area contributed by atoms with Gasteiger partial charge in [-0.2, -0.15) is 13.2 Å². The van der Waals surface area contributed by atoms with Crippen LogP contribution in [0.15, 0.2) is 24.3 Å². The van der Waals surface area contributed by atoms with Gasteiger partial charge in [0.05, 0.1) is 13.0 Å². The smallest absolute Gasteiger partial charge is 0.490 e. The van der Waals surface area contributed by atoms with E-state index in [0.717, 1.165) is 37.7 Å². The predicted molar refractivity (Wildman–Crippen MR) is 110 cm³/mol. The van der Waals surface area contributed by atoms with Crippen LogP contribution in [0.25, 0.3) is 0 Å². The van der Waals surface area contributed by atoms with Crippen LogP contribution in [0.1, 0.15) is 56.9 Å². The molecule has 1 aromatic carbocycles. The molecule has 1 aliphatic rings. The van der Waals surface area contributed by atoms with E-state index in [1.165, 1.54) is 44.1 Å². The number of nitrogens with one attached hydrogen (secondary N) is 1. The molecule has 3 N–H and O–H groups in total. The van der Waals surface area contributed by atoms with E-state index in [0.29, 0.717) is 6.54 Å². The molecular formula is C22H32F3NO5. The summed E-state index contributed by atoms with van der Waals surface area (Å²) in [4.78, 5) is 19.3. The first-order chi connectivity index (χ1) is 14.7. The predicted octanol–water partition coefficient (Wildman–Crippen LogP) is 4.67. The van der Waals surface area contributed by atoms with Crippen molar-refractivity contribution < 1.29 is 37.7 Å². The van der Waals surface area contributed by atoms with Gasteiger partial charge >= 0.3 is 18.1 Å². The maximum atomic E-state index is 10.6. The van der Waals surface area contributed by atoms with E-state index in [-0.39, 0.29) is 6.42 Å². The highest BCUT2D eigenvalue weighted by Gasteiger charge is 2.38. The summed E-state index contributed by atoms with van der Waals surface area (Å²) in [5.41, 5.74) is 1.24. The molecule has 2 rings (SSSR count). The van der Waals surface area contributed by atoms with Crippen LogP contribution < -0.4 is 10.1 Å². The Balaban J connectivity index is 0.000000592. The van der Waals surface area contributed by atoms with Crippen molar-refractivity contribution >= 4 is 11.9 Å². The van der Waals surface area contributed by atoms with Crippen LogP contribution in [0.4, 0.5) is 13.2 Å². The van der Waals surface area contributed by atoms with E-state index < -0.39 is 18.1 Å². The van der Waals surface area contributed by atoms with Gasteiger partial charge in [-0.05, 0) is 49.4 Å². The Hall–Kier alpha value is -2.29. The van der Waals surface area contributed by atoms with Gasteiger partial charge in [0.15, 0.2) is 0 Å². The highest BCUT2D eigenvalue weighted by molar-refractivity contribution is 5.73. The number of benzene rings is 1. The van der Waals surface area contributed by atoms with E-state index in [9.17, 15) is 18.0 Å². The number of hydrogen-bond donors (Lipinski definition) is 3. The van der Waals surface area contributed by atoms with Crippen LogP contribution in [0.2, 0.25) is 0 Å². The number of hydrogen-bond acceptors (Lipinski definition) is 4. The second-order valence-corrected chi connectivity index (χ2v) is 7.59. The number of aliphatic carboxylic acids is 2. The van der Waals surface area contributed by atoms with E-state index in [1.54, 1.807) is 0 Å². The Bertz CT molecular complexity index is 644. The average molecular weight is 447 g/mol. The van der Waals surface area contributed by atoms with Gasteiger partial charge in [0, 0.05) is 6.54 Å². The minimum Gasteiger partial charge on any atom is -0.494 e. The van der Waals surface area contributed by atoms with Crippen LogP contribution >= 0.6 is 0 Å². The van der Waals surface area contributed by atoms with Crippen LogP contribution in [-0.4, -0.2) is 48.0 Å². The van der Waals surface area contributed by atoms with Crippen molar-refractivity contribution in [2.24, 2.45) is 5.92 Å². The number of alkyl halides is 3. The molecule has 0 spiro atoms. The minimum absolute atomic E-state index is 0.174. The first kappa shape index (κ1) is 26.7. The maximum absolute atomic E-state index is 10.6. The maximum Gasteiger partial charge on any atom is 0.490 e. The number of carboxylic acid groups (broad SMARTS) is 2. The topological polar surface area (TPSA) is 95.9 Å². The second-order valence-electron chi connectivity index (χ2n) is 7.59. The summed E-state index contributed by atoms with van der Waals surface area (Å²) in [5.74, 6) is -1.64. The summed E-state index contributed by atoms with van der Waals surface area (Å²) in [6.45, 7) is 2.14. The van der Waals surface area contributed by atoms with Crippen molar-refractivity contribution in [2.75, 3.05) is 19.7 Å². The first-order valence-corrected chi connectivity index (χ1v) is 10.6. The monoisotopic (exact) mass is 447 g/mol. The van der Waals surface area contributed by atoms with Gasteiger partial charge < -0.3 is 20.3 Å². The molecule has 0 amide bonds. The molecule has 6 nitrogen and oxygen atoms in total. The molecule has 1 aliphatic carbocycles. The number of ether oxygens (including phenoxy) is 1. The zero-order valence-electron chi connectivity index (χ0n) is 17.6. The summed E-state index contributed by atoms with van der Waals surface area (Å²) >= 11 is 0. The van der Waals surface area contributed by atoms with Gasteiger partial charge in [0.2, 0.25) is 0 Å². The number of rotatable bonds is 11. The molecule has 1 saturated carbocycles. The minimum atomic E-state index is -5.08. The normalized spacial score (nSPS) is 14.4. The lowest BCUT2D eigenvalue weighted by molar-refractivity contribution is -0.192. The van der Waals surface area contributed by atoms with Crippen molar-refractivity contribution in [3.05, 3.63) is 29.8 Å². The molecule has 0 aromatic heterocycles. The van der Waals surface area contributed by atoms with Gasteiger partial charge in [-0.15, -0.1) is 0 Å². The van der Waals surface area contributed by atoms with Crippen LogP contribution in [-0.2, 0) is 16.0 Å². The molecule has 0 radical (unpaired) electrons. The third kappa shape index (κ3) is 13.6. The van der Waals surface area contributed by atoms with E-state index in [4.69, 9.17) is 19.7 Å². The lowest BCUT2D eigenvalue weighted by atomic mass is 9.86. The zero-order chi connectivity index (χ0) is 23.1. The Morgan fingerprint density at radius 3 is 2.19 bits per heavy atom. The Morgan fingerprint density at radius 1 is 1.03 bits per heavy atom. The first-order valence-electron chi connectivity index (χ1n) is 10.6. The van der Waals surface area contributed by atoms with Crippen LogP contribution in [0.3, 0.4) is 0 Å². The van der Waals surface area contributed by atoms with E-state index >= 15 is 0 Å². The molecule has 1 fully saturated rings. The lowest BCUT2D eigenvalue weighted by Gasteiger charge is -2.21. The summed E-state index contributed by atoms with van der Waals surface area (Å²) in [5, 5.41) is 18.8. The van der Waals surface area contributed by atoms with Gasteiger partial charge in [-0.1, -0.05) is 44.2 Å². The number of halogens is 3. The highest BCUT2D eigenvalue weighted by atomic mass is 19.4. The number of carbonyl (C=O) groups is 2. The Morgan fingerprint density at radius 2 is 1.65 bits per heavy atom. The molecule has 9 heteroatoms. The fraction of sp³-hybridized carbons (Fsp3) is 0.636. The highest BCUT2D eigenvalue weighted by Crippen LogP contribution is 2.27. The van der Waals surface area contributed by atoms with Crippen molar-refractivity contribution in [1.82, 2.24) is 5.32 Å². The molecular weight excluding hydrogens is 415 g/mol. The third-order valence-electron chi connectivity index (χ3n) is 5.02. The number of carboxylic acids is 2. The Kier molecular flexibility index (Phi) is 12.7. The largest absolute Gasteiger partial charge is 0.494 e. The molecule has 0 atom stereocenters. The molecule has 0 aliphatic heterocycles. The SMILES string of the molecule is O=C(O)C(F)(F)F.O=C(O)CCNCCc1ccc(OCCCC2CCCCC2)cc1. The van der Waals surface area contributed by atoms with Gasteiger partial charge in [-0.3, -0.25) is 4.79 Å². The summed E-state index contributed by atoms with van der Waals surface area (Å²) in [6, 6.07) is 8.26. The van der Waals surface area contributed by atoms with E-state index in [1.807, 2.05) is 12.1 Å². The van der Waals surface area contributed by atoms with E-state index in [2.05, 4.69) is 17.4 Å². The van der Waals surface area contributed by atoms with Gasteiger partial charge in [0.25, 0.3) is 0 Å². The fourth-order valence-corrected chi connectivity index (χ4v) is 3.34. The van der Waals surface area contributed by atoms with Gasteiger partial charge in [0.1, 0.15) is 5.75 Å².